The molecule has 5 heteroatoms. The van der Waals surface area contributed by atoms with E-state index in [4.69, 9.17) is 0 Å². The lowest BCUT2D eigenvalue weighted by molar-refractivity contribution is 0.0748. The van der Waals surface area contributed by atoms with Crippen molar-refractivity contribution in [1.29, 1.82) is 0 Å². The Kier molecular flexibility index (Phi) is 6.23. The molecule has 182 valence electrons. The fourth-order valence-corrected chi connectivity index (χ4v) is 5.31. The van der Waals surface area contributed by atoms with Crippen molar-refractivity contribution < 1.29 is 14.7 Å². The summed E-state index contributed by atoms with van der Waals surface area (Å²) >= 11 is 0. The molecule has 0 aromatic heterocycles. The van der Waals surface area contributed by atoms with E-state index in [-0.39, 0.29) is 17.3 Å². The monoisotopic (exact) mass is 478 g/mol. The fourth-order valence-electron chi connectivity index (χ4n) is 5.31. The Morgan fingerprint density at radius 2 is 1.28 bits per heavy atom. The van der Waals surface area contributed by atoms with Crippen molar-refractivity contribution in [3.63, 3.8) is 0 Å². The molecule has 36 heavy (non-hydrogen) atoms. The van der Waals surface area contributed by atoms with Crippen LogP contribution in [0.25, 0.3) is 0 Å². The quantitative estimate of drug-likeness (QED) is 0.340. The third-order valence-corrected chi connectivity index (χ3v) is 6.92. The zero-order valence-electron chi connectivity index (χ0n) is 20.8. The molecule has 0 fully saturated rings. The summed E-state index contributed by atoms with van der Waals surface area (Å²) in [5.41, 5.74) is 6.57. The van der Waals surface area contributed by atoms with Crippen LogP contribution in [0.5, 0.6) is 0 Å². The van der Waals surface area contributed by atoms with Crippen LogP contribution in [-0.2, 0) is 0 Å². The lowest BCUT2D eigenvalue weighted by atomic mass is 9.66. The Balaban J connectivity index is 1.68. The number of aliphatic hydroxyl groups excluding tert-OH is 1. The number of hydrogen-bond donors (Lipinski definition) is 3. The molecule has 0 spiro atoms. The molecular weight excluding hydrogens is 448 g/mol. The number of aliphatic hydroxyl groups is 1. The predicted molar refractivity (Wildman–Crippen MR) is 145 cm³/mol. The Labute approximate surface area is 211 Å². The molecule has 3 N–H and O–H groups in total. The highest BCUT2D eigenvalue weighted by molar-refractivity contribution is 6.23. The third kappa shape index (κ3) is 4.22. The van der Waals surface area contributed by atoms with Gasteiger partial charge in [-0.1, -0.05) is 49.3 Å². The number of rotatable bonds is 6. The maximum atomic E-state index is 14.2. The largest absolute Gasteiger partial charge is 0.512 e. The van der Waals surface area contributed by atoms with Crippen LogP contribution in [0.4, 0.5) is 22.7 Å². The summed E-state index contributed by atoms with van der Waals surface area (Å²) in [6.45, 7) is 6.06. The van der Waals surface area contributed by atoms with Gasteiger partial charge in [-0.2, -0.15) is 0 Å². The minimum Gasteiger partial charge on any atom is -0.512 e. The van der Waals surface area contributed by atoms with Crippen molar-refractivity contribution in [3.8, 4) is 0 Å². The molecule has 0 aliphatic heterocycles. The summed E-state index contributed by atoms with van der Waals surface area (Å²) in [6, 6.07) is 19.4. The Morgan fingerprint density at radius 3 is 1.78 bits per heavy atom. The number of carbonyl (C=O) groups is 2. The second-order valence-electron chi connectivity index (χ2n) is 9.67. The first kappa shape index (κ1) is 23.6. The van der Waals surface area contributed by atoms with Gasteiger partial charge in [0.15, 0.2) is 11.6 Å². The summed E-state index contributed by atoms with van der Waals surface area (Å²) in [7, 11) is 0. The second kappa shape index (κ2) is 9.50. The summed E-state index contributed by atoms with van der Waals surface area (Å²) < 4.78 is 0. The van der Waals surface area contributed by atoms with E-state index in [9.17, 15) is 14.7 Å². The number of hydrogen-bond acceptors (Lipinski definition) is 5. The van der Waals surface area contributed by atoms with Crippen molar-refractivity contribution in [2.45, 2.75) is 33.6 Å². The van der Waals surface area contributed by atoms with E-state index >= 15 is 0 Å². The van der Waals surface area contributed by atoms with Gasteiger partial charge in [0.2, 0.25) is 0 Å². The van der Waals surface area contributed by atoms with Gasteiger partial charge in [0.05, 0.1) is 34.3 Å². The van der Waals surface area contributed by atoms with Crippen LogP contribution in [0, 0.1) is 25.7 Å². The minimum atomic E-state index is -0.899. The van der Waals surface area contributed by atoms with Crippen LogP contribution in [0.1, 0.15) is 51.6 Å². The number of nitrogens with one attached hydrogen (secondary N) is 2. The summed E-state index contributed by atoms with van der Waals surface area (Å²) in [6.07, 6.45) is 4.92. The van der Waals surface area contributed by atoms with Crippen LogP contribution >= 0.6 is 0 Å². The zero-order valence-corrected chi connectivity index (χ0v) is 20.8. The topological polar surface area (TPSA) is 78.4 Å². The van der Waals surface area contributed by atoms with E-state index in [0.717, 1.165) is 34.5 Å². The van der Waals surface area contributed by atoms with Gasteiger partial charge in [-0.15, -0.1) is 0 Å². The summed E-state index contributed by atoms with van der Waals surface area (Å²) in [4.78, 5) is 28.2. The Hall–Kier alpha value is -4.12. The number of allylic oxidation sites excluding steroid dienone is 4. The van der Waals surface area contributed by atoms with Gasteiger partial charge in [0.25, 0.3) is 0 Å². The number of anilines is 4. The van der Waals surface area contributed by atoms with Gasteiger partial charge in [-0.3, -0.25) is 9.59 Å². The average molecular weight is 479 g/mol. The first-order valence-electron chi connectivity index (χ1n) is 12.4. The lowest BCUT2D eigenvalue weighted by Crippen LogP contribution is -2.40. The number of benzene rings is 3. The molecule has 5 nitrogen and oxygen atoms in total. The smallest absolute Gasteiger partial charge is 0.177 e. The van der Waals surface area contributed by atoms with Gasteiger partial charge >= 0.3 is 0 Å². The van der Waals surface area contributed by atoms with Gasteiger partial charge in [-0.05, 0) is 73.9 Å². The van der Waals surface area contributed by atoms with Crippen molar-refractivity contribution in [2.75, 3.05) is 10.6 Å². The fraction of sp³-hybridized carbons (Fsp3) is 0.226. The van der Waals surface area contributed by atoms with Crippen molar-refractivity contribution in [2.24, 2.45) is 11.8 Å². The number of carbonyl (C=O) groups excluding carboxylic acids is 2. The molecule has 0 heterocycles. The minimum absolute atomic E-state index is 0.0533. The van der Waals surface area contributed by atoms with E-state index in [1.807, 2.05) is 81.4 Å². The first-order valence-corrected chi connectivity index (χ1v) is 12.4. The Bertz CT molecular complexity index is 1430. The maximum Gasteiger partial charge on any atom is 0.177 e. The number of Topliss-reactive ketones (excluding diaryl/α,β-unsaturated/α-hetero) is 2. The van der Waals surface area contributed by atoms with E-state index in [1.54, 1.807) is 12.2 Å². The van der Waals surface area contributed by atoms with Gasteiger partial charge in [0, 0.05) is 11.4 Å². The van der Waals surface area contributed by atoms with Crippen LogP contribution < -0.4 is 10.6 Å². The van der Waals surface area contributed by atoms with Gasteiger partial charge in [0.1, 0.15) is 5.76 Å². The highest BCUT2D eigenvalue weighted by atomic mass is 16.3. The predicted octanol–water partition coefficient (Wildman–Crippen LogP) is 7.58. The van der Waals surface area contributed by atoms with Crippen molar-refractivity contribution >= 4 is 34.3 Å². The summed E-state index contributed by atoms with van der Waals surface area (Å²) in [5.74, 6) is -2.03. The molecule has 0 saturated heterocycles. The second-order valence-corrected chi connectivity index (χ2v) is 9.67. The molecular formula is C31H30N2O3. The van der Waals surface area contributed by atoms with E-state index in [1.165, 1.54) is 0 Å². The van der Waals surface area contributed by atoms with Crippen LogP contribution in [0.2, 0.25) is 0 Å². The summed E-state index contributed by atoms with van der Waals surface area (Å²) in [5, 5.41) is 17.5. The molecule has 0 amide bonds. The van der Waals surface area contributed by atoms with Gasteiger partial charge < -0.3 is 15.7 Å². The molecule has 2 atom stereocenters. The molecule has 0 saturated carbocycles. The van der Waals surface area contributed by atoms with Gasteiger partial charge in [-0.25, -0.2) is 0 Å². The third-order valence-electron chi connectivity index (χ3n) is 6.92. The molecule has 5 rings (SSSR count). The number of ketones is 2. The molecule has 2 aliphatic carbocycles. The van der Waals surface area contributed by atoms with Crippen molar-refractivity contribution in [3.05, 3.63) is 106 Å². The van der Waals surface area contributed by atoms with Crippen LogP contribution in [0.15, 0.2) is 84.1 Å². The number of fused-ring (bicyclic) bond motifs is 2. The lowest BCUT2D eigenvalue weighted by Gasteiger charge is -2.36. The van der Waals surface area contributed by atoms with E-state index in [0.29, 0.717) is 28.9 Å². The SMILES string of the molecule is CCCC1=CC=C(O)C2C(=O)c3c(Nc4cccc(C)c4)ccc(Nc4cccc(C)c4)c3C(=O)C12. The highest BCUT2D eigenvalue weighted by Gasteiger charge is 2.48. The van der Waals surface area contributed by atoms with Crippen molar-refractivity contribution in [1.82, 2.24) is 0 Å². The van der Waals surface area contributed by atoms with E-state index < -0.39 is 11.8 Å². The molecule has 3 aromatic carbocycles. The molecule has 3 aromatic rings. The zero-order chi connectivity index (χ0) is 25.4. The maximum absolute atomic E-state index is 14.2. The normalized spacial score (nSPS) is 18.6. The Morgan fingerprint density at radius 1 is 0.750 bits per heavy atom. The van der Waals surface area contributed by atoms with Crippen LogP contribution in [0.3, 0.4) is 0 Å². The molecule has 0 radical (unpaired) electrons. The van der Waals surface area contributed by atoms with E-state index in [2.05, 4.69) is 10.6 Å². The highest BCUT2D eigenvalue weighted by Crippen LogP contribution is 2.46. The molecule has 2 unspecified atom stereocenters. The molecule has 0 bridgehead atoms. The van der Waals surface area contributed by atoms with Crippen LogP contribution in [-0.4, -0.2) is 16.7 Å². The standard InChI is InChI=1S/C31H30N2O3/c1-4-7-20-12-15-25(34)29-26(20)30(35)27-23(32-21-10-5-8-18(2)16-21)13-14-24(28(27)31(29)36)33-22-11-6-9-19(3)17-22/h5-6,8-17,26,29,32-34H,4,7H2,1-3H3. The molecule has 2 aliphatic rings. The number of aryl methyl sites for hydroxylation is 2. The average Bonchev–Trinajstić information content (AvgIpc) is 2.84. The first-order chi connectivity index (χ1) is 17.4.